The van der Waals surface area contributed by atoms with E-state index in [0.29, 0.717) is 35.8 Å². The predicted octanol–water partition coefficient (Wildman–Crippen LogP) is 5.09. The van der Waals surface area contributed by atoms with Gasteiger partial charge in [-0.05, 0) is 35.4 Å². The molecule has 0 atom stereocenters. The van der Waals surface area contributed by atoms with Gasteiger partial charge in [0.15, 0.2) is 0 Å². The number of hydrogen-bond acceptors (Lipinski definition) is 4. The van der Waals surface area contributed by atoms with Crippen LogP contribution in [0.1, 0.15) is 31.8 Å². The van der Waals surface area contributed by atoms with Crippen LogP contribution in [0.2, 0.25) is 0 Å². The minimum Gasteiger partial charge on any atom is -0.492 e. The van der Waals surface area contributed by atoms with E-state index in [9.17, 15) is 9.59 Å². The number of carbonyl (C=O) groups is 2. The molecule has 0 radical (unpaired) electrons. The molecule has 0 saturated heterocycles. The molecule has 0 aliphatic rings. The van der Waals surface area contributed by atoms with E-state index >= 15 is 0 Å². The van der Waals surface area contributed by atoms with Crippen molar-refractivity contribution in [1.82, 2.24) is 10.6 Å². The molecule has 0 fully saturated rings. The van der Waals surface area contributed by atoms with Gasteiger partial charge in [0, 0.05) is 25.9 Å². The molecule has 0 spiro atoms. The Morgan fingerprint density at radius 1 is 0.500 bits per heavy atom. The molecule has 2 amide bonds. The van der Waals surface area contributed by atoms with Crippen LogP contribution in [0, 0.1) is 0 Å². The molecular formula is C32H32N2O4. The maximum Gasteiger partial charge on any atom is 0.255 e. The van der Waals surface area contributed by atoms with Crippen molar-refractivity contribution in [3.63, 3.8) is 0 Å². The van der Waals surface area contributed by atoms with E-state index in [4.69, 9.17) is 9.47 Å². The zero-order valence-electron chi connectivity index (χ0n) is 21.3. The van der Waals surface area contributed by atoms with Crippen molar-refractivity contribution < 1.29 is 19.1 Å². The van der Waals surface area contributed by atoms with E-state index in [1.54, 1.807) is 36.4 Å². The average molecular weight is 509 g/mol. The zero-order valence-corrected chi connectivity index (χ0v) is 21.3. The standard InChI is InChI=1S/C32H32N2O4/c35-31(27-15-7-9-17-29(27)37-23-19-25-11-3-1-4-12-25)33-21-22-34-32(36)28-16-8-10-18-30(28)38-24-20-26-13-5-2-6-14-26/h1-18H,19-24H2,(H,33,35)(H,34,36). The second kappa shape index (κ2) is 14.2. The summed E-state index contributed by atoms with van der Waals surface area (Å²) in [4.78, 5) is 25.6. The quantitative estimate of drug-likeness (QED) is 0.247. The van der Waals surface area contributed by atoms with Crippen LogP contribution in [0.5, 0.6) is 11.5 Å². The lowest BCUT2D eigenvalue weighted by Gasteiger charge is -2.13. The maximum absolute atomic E-state index is 12.8. The molecule has 4 rings (SSSR count). The van der Waals surface area contributed by atoms with Crippen LogP contribution >= 0.6 is 0 Å². The lowest BCUT2D eigenvalue weighted by Crippen LogP contribution is -2.35. The highest BCUT2D eigenvalue weighted by atomic mass is 16.5. The van der Waals surface area contributed by atoms with E-state index in [1.807, 2.05) is 72.8 Å². The van der Waals surface area contributed by atoms with Crippen LogP contribution in [-0.2, 0) is 12.8 Å². The van der Waals surface area contributed by atoms with Crippen molar-refractivity contribution in [1.29, 1.82) is 0 Å². The minimum absolute atomic E-state index is 0.251. The third-order valence-corrected chi connectivity index (χ3v) is 5.94. The zero-order chi connectivity index (χ0) is 26.4. The van der Waals surface area contributed by atoms with Crippen molar-refractivity contribution in [3.05, 3.63) is 131 Å². The van der Waals surface area contributed by atoms with Gasteiger partial charge in [0.1, 0.15) is 11.5 Å². The molecule has 0 unspecified atom stereocenters. The van der Waals surface area contributed by atoms with Crippen molar-refractivity contribution in [2.45, 2.75) is 12.8 Å². The Labute approximate surface area is 223 Å². The smallest absolute Gasteiger partial charge is 0.255 e. The SMILES string of the molecule is O=C(NCCNC(=O)c1ccccc1OCCc1ccccc1)c1ccccc1OCCc1ccccc1. The van der Waals surface area contributed by atoms with Crippen molar-refractivity contribution in [2.75, 3.05) is 26.3 Å². The summed E-state index contributed by atoms with van der Waals surface area (Å²) in [7, 11) is 0. The molecule has 6 heteroatoms. The molecule has 4 aromatic rings. The van der Waals surface area contributed by atoms with Gasteiger partial charge in [0.05, 0.1) is 24.3 Å². The molecule has 0 aliphatic heterocycles. The lowest BCUT2D eigenvalue weighted by atomic mass is 10.1. The number of carbonyl (C=O) groups excluding carboxylic acids is 2. The van der Waals surface area contributed by atoms with Crippen LogP contribution in [0.4, 0.5) is 0 Å². The first-order valence-corrected chi connectivity index (χ1v) is 12.8. The van der Waals surface area contributed by atoms with Crippen molar-refractivity contribution in [2.24, 2.45) is 0 Å². The summed E-state index contributed by atoms with van der Waals surface area (Å²) < 4.78 is 11.8. The summed E-state index contributed by atoms with van der Waals surface area (Å²) in [6, 6.07) is 34.4. The summed E-state index contributed by atoms with van der Waals surface area (Å²) >= 11 is 0. The summed E-state index contributed by atoms with van der Waals surface area (Å²) in [6.07, 6.45) is 1.50. The molecule has 0 aromatic heterocycles. The molecule has 38 heavy (non-hydrogen) atoms. The van der Waals surface area contributed by atoms with E-state index in [2.05, 4.69) is 10.6 Å². The Kier molecular flexibility index (Phi) is 9.92. The maximum atomic E-state index is 12.8. The Hall–Kier alpha value is -4.58. The van der Waals surface area contributed by atoms with Gasteiger partial charge in [-0.1, -0.05) is 84.9 Å². The van der Waals surface area contributed by atoms with Crippen LogP contribution in [0.15, 0.2) is 109 Å². The minimum atomic E-state index is -0.251. The van der Waals surface area contributed by atoms with Crippen LogP contribution in [-0.4, -0.2) is 38.1 Å². The number of amides is 2. The molecule has 0 bridgehead atoms. The molecule has 0 saturated carbocycles. The first-order valence-electron chi connectivity index (χ1n) is 12.8. The molecule has 2 N–H and O–H groups in total. The summed E-state index contributed by atoms with van der Waals surface area (Å²) in [5.74, 6) is 0.566. The number of ether oxygens (including phenoxy) is 2. The summed E-state index contributed by atoms with van der Waals surface area (Å²) in [5, 5.41) is 5.71. The highest BCUT2D eigenvalue weighted by Crippen LogP contribution is 2.19. The number of para-hydroxylation sites is 2. The van der Waals surface area contributed by atoms with Crippen LogP contribution in [0.3, 0.4) is 0 Å². The third kappa shape index (κ3) is 7.96. The van der Waals surface area contributed by atoms with E-state index in [0.717, 1.165) is 12.8 Å². The molecule has 194 valence electrons. The molecule has 0 aliphatic carbocycles. The Morgan fingerprint density at radius 3 is 1.29 bits per heavy atom. The fraction of sp³-hybridized carbons (Fsp3) is 0.188. The summed E-state index contributed by atoms with van der Waals surface area (Å²) in [5.41, 5.74) is 3.27. The van der Waals surface area contributed by atoms with Gasteiger partial charge >= 0.3 is 0 Å². The van der Waals surface area contributed by atoms with Gasteiger partial charge in [-0.15, -0.1) is 0 Å². The van der Waals surface area contributed by atoms with Gasteiger partial charge in [-0.3, -0.25) is 9.59 Å². The first-order chi connectivity index (χ1) is 18.7. The Bertz CT molecular complexity index is 1210. The number of hydrogen-bond donors (Lipinski definition) is 2. The van der Waals surface area contributed by atoms with Crippen molar-refractivity contribution in [3.8, 4) is 11.5 Å². The van der Waals surface area contributed by atoms with Gasteiger partial charge in [-0.2, -0.15) is 0 Å². The molecule has 6 nitrogen and oxygen atoms in total. The third-order valence-electron chi connectivity index (χ3n) is 5.94. The fourth-order valence-electron chi connectivity index (χ4n) is 3.95. The largest absolute Gasteiger partial charge is 0.492 e. The Balaban J connectivity index is 1.22. The first kappa shape index (κ1) is 26.5. The van der Waals surface area contributed by atoms with E-state index in [1.165, 1.54) is 11.1 Å². The topological polar surface area (TPSA) is 76.7 Å². The summed E-state index contributed by atoms with van der Waals surface area (Å²) in [6.45, 7) is 1.49. The number of nitrogens with one attached hydrogen (secondary N) is 2. The normalized spacial score (nSPS) is 10.4. The molecule has 0 heterocycles. The number of benzene rings is 4. The van der Waals surface area contributed by atoms with Gasteiger partial charge < -0.3 is 20.1 Å². The lowest BCUT2D eigenvalue weighted by molar-refractivity contribution is 0.0923. The van der Waals surface area contributed by atoms with Crippen LogP contribution < -0.4 is 20.1 Å². The van der Waals surface area contributed by atoms with Crippen LogP contribution in [0.25, 0.3) is 0 Å². The van der Waals surface area contributed by atoms with Crippen molar-refractivity contribution >= 4 is 11.8 Å². The average Bonchev–Trinajstić information content (AvgIpc) is 2.97. The highest BCUT2D eigenvalue weighted by Gasteiger charge is 2.14. The molecular weight excluding hydrogens is 476 g/mol. The predicted molar refractivity (Wildman–Crippen MR) is 149 cm³/mol. The second-order valence-electron chi connectivity index (χ2n) is 8.67. The second-order valence-corrected chi connectivity index (χ2v) is 8.67. The molecule has 4 aromatic carbocycles. The van der Waals surface area contributed by atoms with E-state index in [-0.39, 0.29) is 24.9 Å². The van der Waals surface area contributed by atoms with Gasteiger partial charge in [0.25, 0.3) is 11.8 Å². The van der Waals surface area contributed by atoms with E-state index < -0.39 is 0 Å². The van der Waals surface area contributed by atoms with Gasteiger partial charge in [-0.25, -0.2) is 0 Å². The highest BCUT2D eigenvalue weighted by molar-refractivity contribution is 5.98. The monoisotopic (exact) mass is 508 g/mol. The Morgan fingerprint density at radius 2 is 0.868 bits per heavy atom. The number of rotatable bonds is 13. The fourth-order valence-corrected chi connectivity index (χ4v) is 3.95. The van der Waals surface area contributed by atoms with Gasteiger partial charge in [0.2, 0.25) is 0 Å².